The van der Waals surface area contributed by atoms with Gasteiger partial charge in [0.1, 0.15) is 6.33 Å². The van der Waals surface area contributed by atoms with Crippen molar-refractivity contribution in [2.45, 2.75) is 44.7 Å². The first-order valence-electron chi connectivity index (χ1n) is 8.19. The van der Waals surface area contributed by atoms with Gasteiger partial charge in [-0.25, -0.2) is 22.8 Å². The number of aromatic nitrogens is 2. The minimum absolute atomic E-state index is 0.0685. The number of nitrogens with zero attached hydrogens (tertiary/aromatic N) is 3. The second-order valence-corrected chi connectivity index (χ2v) is 8.57. The third kappa shape index (κ3) is 3.80. The lowest BCUT2D eigenvalue weighted by atomic mass is 10.0. The number of hydrogen-bond donors (Lipinski definition) is 1. The largest absolute Gasteiger partial charge is 0.354 e. The van der Waals surface area contributed by atoms with Crippen LogP contribution >= 0.6 is 0 Å². The number of hydrogen-bond acceptors (Lipinski definition) is 6. The van der Waals surface area contributed by atoms with Gasteiger partial charge in [0.05, 0.1) is 17.2 Å². The highest BCUT2D eigenvalue weighted by molar-refractivity contribution is 7.91. The number of anilines is 1. The summed E-state index contributed by atoms with van der Waals surface area (Å²) in [5.74, 6) is 0.602. The zero-order chi connectivity index (χ0) is 16.4. The predicted octanol–water partition coefficient (Wildman–Crippen LogP) is 0.924. The first kappa shape index (κ1) is 16.6. The Hall–Kier alpha value is -1.28. The molecule has 3 heterocycles. The van der Waals surface area contributed by atoms with Gasteiger partial charge >= 0.3 is 0 Å². The fraction of sp³-hybridized carbons (Fsp3) is 0.733. The third-order valence-electron chi connectivity index (χ3n) is 4.68. The summed E-state index contributed by atoms with van der Waals surface area (Å²) in [6, 6.07) is 0.360. The highest BCUT2D eigenvalue weighted by Gasteiger charge is 2.31. The van der Waals surface area contributed by atoms with E-state index in [1.165, 1.54) is 6.33 Å². The highest BCUT2D eigenvalue weighted by atomic mass is 32.2. The molecule has 1 atom stereocenters. The molecule has 0 aliphatic carbocycles. The SMILES string of the molecule is CCc1ncnc(N2CCC(N[C@H]3CCS(=O)(=O)C3)CC2)c1F. The van der Waals surface area contributed by atoms with Gasteiger partial charge < -0.3 is 10.2 Å². The number of rotatable bonds is 4. The molecule has 2 aliphatic heterocycles. The fourth-order valence-corrected chi connectivity index (χ4v) is 5.07. The molecule has 0 spiro atoms. The number of piperidine rings is 1. The Bertz CT molecular complexity index is 659. The lowest BCUT2D eigenvalue weighted by molar-refractivity contribution is 0.376. The molecule has 0 aromatic carbocycles. The molecule has 0 bridgehead atoms. The molecule has 0 unspecified atom stereocenters. The monoisotopic (exact) mass is 342 g/mol. The topological polar surface area (TPSA) is 75.2 Å². The van der Waals surface area contributed by atoms with Crippen molar-refractivity contribution < 1.29 is 12.8 Å². The van der Waals surface area contributed by atoms with Crippen LogP contribution in [0.5, 0.6) is 0 Å². The van der Waals surface area contributed by atoms with Crippen LogP contribution in [0.15, 0.2) is 6.33 Å². The lowest BCUT2D eigenvalue weighted by Gasteiger charge is -2.34. The summed E-state index contributed by atoms with van der Waals surface area (Å²) in [4.78, 5) is 10.0. The minimum Gasteiger partial charge on any atom is -0.354 e. The van der Waals surface area contributed by atoms with E-state index in [9.17, 15) is 12.8 Å². The van der Waals surface area contributed by atoms with Crippen LogP contribution in [0.3, 0.4) is 0 Å². The number of halogens is 1. The van der Waals surface area contributed by atoms with E-state index in [0.29, 0.717) is 43.5 Å². The van der Waals surface area contributed by atoms with Crippen molar-refractivity contribution in [1.29, 1.82) is 0 Å². The van der Waals surface area contributed by atoms with Crippen molar-refractivity contribution in [1.82, 2.24) is 15.3 Å². The van der Waals surface area contributed by atoms with Gasteiger partial charge in [-0.2, -0.15) is 0 Å². The van der Waals surface area contributed by atoms with Crippen molar-refractivity contribution in [3.8, 4) is 0 Å². The van der Waals surface area contributed by atoms with E-state index in [0.717, 1.165) is 12.8 Å². The quantitative estimate of drug-likeness (QED) is 0.877. The Morgan fingerprint density at radius 2 is 2.00 bits per heavy atom. The Morgan fingerprint density at radius 3 is 2.61 bits per heavy atom. The molecular formula is C15H23FN4O2S. The molecule has 0 radical (unpaired) electrons. The van der Waals surface area contributed by atoms with E-state index < -0.39 is 9.84 Å². The molecule has 1 aromatic rings. The second-order valence-electron chi connectivity index (χ2n) is 6.34. The van der Waals surface area contributed by atoms with Gasteiger partial charge in [0, 0.05) is 25.2 Å². The standard InChI is InChI=1S/C15H23FN4O2S/c1-2-13-14(16)15(18-10-17-13)20-6-3-11(4-7-20)19-12-5-8-23(21,22)9-12/h10-12,19H,2-9H2,1H3/t12-/m0/s1. The van der Waals surface area contributed by atoms with Crippen molar-refractivity contribution in [3.05, 3.63) is 17.8 Å². The molecular weight excluding hydrogens is 319 g/mol. The summed E-state index contributed by atoms with van der Waals surface area (Å²) < 4.78 is 37.3. The summed E-state index contributed by atoms with van der Waals surface area (Å²) in [5.41, 5.74) is 0.450. The van der Waals surface area contributed by atoms with Gasteiger partial charge in [-0.3, -0.25) is 0 Å². The van der Waals surface area contributed by atoms with E-state index in [2.05, 4.69) is 15.3 Å². The molecule has 1 N–H and O–H groups in total. The maximum absolute atomic E-state index is 14.3. The maximum Gasteiger partial charge on any atom is 0.187 e. The average Bonchev–Trinajstić information content (AvgIpc) is 2.87. The first-order chi connectivity index (χ1) is 11.0. The number of nitrogens with one attached hydrogen (secondary N) is 1. The van der Waals surface area contributed by atoms with Gasteiger partial charge in [0.2, 0.25) is 0 Å². The smallest absolute Gasteiger partial charge is 0.187 e. The molecule has 2 fully saturated rings. The minimum atomic E-state index is -2.85. The van der Waals surface area contributed by atoms with Crippen LogP contribution in [0.25, 0.3) is 0 Å². The van der Waals surface area contributed by atoms with Crippen LogP contribution in [0.2, 0.25) is 0 Å². The highest BCUT2D eigenvalue weighted by Crippen LogP contribution is 2.23. The van der Waals surface area contributed by atoms with E-state index in [-0.39, 0.29) is 23.4 Å². The summed E-state index contributed by atoms with van der Waals surface area (Å²) in [7, 11) is -2.85. The van der Waals surface area contributed by atoms with Crippen molar-refractivity contribution >= 4 is 15.7 Å². The molecule has 2 aliphatic rings. The Balaban J connectivity index is 1.57. The van der Waals surface area contributed by atoms with Crippen molar-refractivity contribution in [2.24, 2.45) is 0 Å². The second kappa shape index (κ2) is 6.68. The van der Waals surface area contributed by atoms with E-state index >= 15 is 0 Å². The summed E-state index contributed by atoms with van der Waals surface area (Å²) in [6.07, 6.45) is 4.40. The molecule has 0 saturated carbocycles. The van der Waals surface area contributed by atoms with Gasteiger partial charge in [-0.1, -0.05) is 6.92 Å². The average molecular weight is 342 g/mol. The first-order valence-corrected chi connectivity index (χ1v) is 10.0. The van der Waals surface area contributed by atoms with Crippen LogP contribution in [-0.4, -0.2) is 55.1 Å². The van der Waals surface area contributed by atoms with Crippen LogP contribution in [0, 0.1) is 5.82 Å². The van der Waals surface area contributed by atoms with Crippen LogP contribution in [0.1, 0.15) is 31.9 Å². The normalized spacial score (nSPS) is 25.0. The lowest BCUT2D eigenvalue weighted by Crippen LogP contribution is -2.47. The van der Waals surface area contributed by atoms with Crippen molar-refractivity contribution in [2.75, 3.05) is 29.5 Å². The Kier molecular flexibility index (Phi) is 4.82. The molecule has 128 valence electrons. The molecule has 6 nitrogen and oxygen atoms in total. The molecule has 2 saturated heterocycles. The van der Waals surface area contributed by atoms with Gasteiger partial charge in [-0.15, -0.1) is 0 Å². The summed E-state index contributed by atoms with van der Waals surface area (Å²) in [6.45, 7) is 3.31. The third-order valence-corrected chi connectivity index (χ3v) is 6.44. The maximum atomic E-state index is 14.3. The molecule has 8 heteroatoms. The predicted molar refractivity (Wildman–Crippen MR) is 86.8 cm³/mol. The van der Waals surface area contributed by atoms with Gasteiger partial charge in [0.25, 0.3) is 0 Å². The molecule has 0 amide bonds. The fourth-order valence-electron chi connectivity index (χ4n) is 3.38. The zero-order valence-electron chi connectivity index (χ0n) is 13.3. The molecule has 1 aromatic heterocycles. The van der Waals surface area contributed by atoms with E-state index in [1.54, 1.807) is 0 Å². The Labute approximate surface area is 136 Å². The van der Waals surface area contributed by atoms with Gasteiger partial charge in [-0.05, 0) is 25.7 Å². The molecule has 23 heavy (non-hydrogen) atoms. The van der Waals surface area contributed by atoms with Gasteiger partial charge in [0.15, 0.2) is 21.5 Å². The van der Waals surface area contributed by atoms with E-state index in [1.807, 2.05) is 11.8 Å². The summed E-state index contributed by atoms with van der Waals surface area (Å²) in [5, 5.41) is 3.45. The zero-order valence-corrected chi connectivity index (χ0v) is 14.1. The summed E-state index contributed by atoms with van der Waals surface area (Å²) >= 11 is 0. The van der Waals surface area contributed by atoms with Crippen LogP contribution < -0.4 is 10.2 Å². The van der Waals surface area contributed by atoms with Crippen LogP contribution in [0.4, 0.5) is 10.2 Å². The van der Waals surface area contributed by atoms with Crippen molar-refractivity contribution in [3.63, 3.8) is 0 Å². The van der Waals surface area contributed by atoms with Crippen LogP contribution in [-0.2, 0) is 16.3 Å². The van der Waals surface area contributed by atoms with E-state index in [4.69, 9.17) is 0 Å². The Morgan fingerprint density at radius 1 is 1.26 bits per heavy atom. The number of aryl methyl sites for hydroxylation is 1. The number of sulfone groups is 1. The molecule has 3 rings (SSSR count).